The van der Waals surface area contributed by atoms with Gasteiger partial charge < -0.3 is 15.3 Å². The minimum atomic E-state index is 0.0682. The molecule has 3 nitrogen and oxygen atoms in total. The lowest BCUT2D eigenvalue weighted by atomic mass is 10.2. The predicted molar refractivity (Wildman–Crippen MR) is 57.5 cm³/mol. The second kappa shape index (κ2) is 4.60. The first-order valence-corrected chi connectivity index (χ1v) is 5.06. The quantitative estimate of drug-likeness (QED) is 0.763. The molecule has 0 saturated heterocycles. The van der Waals surface area contributed by atoms with Gasteiger partial charge in [-0.2, -0.15) is 0 Å². The van der Waals surface area contributed by atoms with Crippen LogP contribution in [0.1, 0.15) is 10.9 Å². The Morgan fingerprint density at radius 2 is 2.23 bits per heavy atom. The summed E-state index contributed by atoms with van der Waals surface area (Å²) in [7, 11) is 5.89. The molecule has 0 aliphatic heterocycles. The van der Waals surface area contributed by atoms with Crippen molar-refractivity contribution in [2.24, 2.45) is 0 Å². The maximum atomic E-state index is 9.06. The number of thiophene rings is 1. The van der Waals surface area contributed by atoms with E-state index in [0.29, 0.717) is 0 Å². The third kappa shape index (κ3) is 2.43. The Labute approximate surface area is 83.0 Å². The number of anilines is 1. The molecule has 0 aromatic carbocycles. The SMILES string of the molecule is CN[C@H](CO)c1ccc(N(C)C)s1. The van der Waals surface area contributed by atoms with Gasteiger partial charge >= 0.3 is 0 Å². The summed E-state index contributed by atoms with van der Waals surface area (Å²) in [6, 6.07) is 4.19. The van der Waals surface area contributed by atoms with Gasteiger partial charge in [-0.25, -0.2) is 0 Å². The van der Waals surface area contributed by atoms with E-state index in [-0.39, 0.29) is 12.6 Å². The van der Waals surface area contributed by atoms with E-state index in [9.17, 15) is 0 Å². The lowest BCUT2D eigenvalue weighted by Gasteiger charge is -2.11. The minimum Gasteiger partial charge on any atom is -0.394 e. The molecule has 0 aliphatic carbocycles. The molecule has 1 rings (SSSR count). The first-order valence-electron chi connectivity index (χ1n) is 4.24. The Morgan fingerprint density at radius 1 is 1.54 bits per heavy atom. The third-order valence-corrected chi connectivity index (χ3v) is 3.29. The number of aliphatic hydroxyl groups is 1. The van der Waals surface area contributed by atoms with Crippen molar-refractivity contribution in [3.05, 3.63) is 17.0 Å². The molecule has 1 heterocycles. The van der Waals surface area contributed by atoms with Crippen LogP contribution in [0.4, 0.5) is 5.00 Å². The fourth-order valence-electron chi connectivity index (χ4n) is 1.09. The summed E-state index contributed by atoms with van der Waals surface area (Å²) in [5.74, 6) is 0. The van der Waals surface area contributed by atoms with Gasteiger partial charge in [-0.15, -0.1) is 11.3 Å². The topological polar surface area (TPSA) is 35.5 Å². The highest BCUT2D eigenvalue weighted by Crippen LogP contribution is 2.28. The lowest BCUT2D eigenvalue weighted by molar-refractivity contribution is 0.253. The average molecular weight is 200 g/mol. The molecule has 0 aliphatic rings. The van der Waals surface area contributed by atoms with Crippen LogP contribution in [-0.2, 0) is 0 Å². The van der Waals surface area contributed by atoms with Gasteiger partial charge in [-0.3, -0.25) is 0 Å². The van der Waals surface area contributed by atoms with E-state index in [1.165, 1.54) is 9.88 Å². The number of nitrogens with one attached hydrogen (secondary N) is 1. The summed E-state index contributed by atoms with van der Waals surface area (Å²) < 4.78 is 0. The smallest absolute Gasteiger partial charge is 0.0906 e. The Kier molecular flexibility index (Phi) is 3.71. The van der Waals surface area contributed by atoms with Crippen molar-refractivity contribution in [3.63, 3.8) is 0 Å². The minimum absolute atomic E-state index is 0.0682. The van der Waals surface area contributed by atoms with Crippen LogP contribution in [0.25, 0.3) is 0 Å². The maximum Gasteiger partial charge on any atom is 0.0906 e. The van der Waals surface area contributed by atoms with Crippen molar-refractivity contribution in [1.82, 2.24) is 5.32 Å². The van der Waals surface area contributed by atoms with Gasteiger partial charge in [0, 0.05) is 19.0 Å². The van der Waals surface area contributed by atoms with Crippen LogP contribution in [0.2, 0.25) is 0 Å². The Balaban J connectivity index is 2.78. The molecule has 1 atom stereocenters. The molecule has 0 fully saturated rings. The summed E-state index contributed by atoms with van der Waals surface area (Å²) in [6.45, 7) is 0.143. The number of likely N-dealkylation sites (N-methyl/N-ethyl adjacent to an activating group) is 1. The Morgan fingerprint density at radius 3 is 2.62 bits per heavy atom. The highest BCUT2D eigenvalue weighted by molar-refractivity contribution is 7.16. The van der Waals surface area contributed by atoms with Gasteiger partial charge in [-0.05, 0) is 19.2 Å². The number of aliphatic hydroxyl groups excluding tert-OH is 1. The van der Waals surface area contributed by atoms with Gasteiger partial charge in [0.1, 0.15) is 0 Å². The third-order valence-electron chi connectivity index (χ3n) is 1.93. The van der Waals surface area contributed by atoms with Crippen LogP contribution in [0.15, 0.2) is 12.1 Å². The number of hydrogen-bond donors (Lipinski definition) is 2. The molecule has 4 heteroatoms. The normalized spacial score (nSPS) is 12.9. The van der Waals surface area contributed by atoms with Gasteiger partial charge in [0.05, 0.1) is 17.6 Å². The molecular weight excluding hydrogens is 184 g/mol. The van der Waals surface area contributed by atoms with Crippen molar-refractivity contribution in [2.45, 2.75) is 6.04 Å². The molecular formula is C9H16N2OS. The molecule has 0 unspecified atom stereocenters. The highest BCUT2D eigenvalue weighted by Gasteiger charge is 2.10. The van der Waals surface area contributed by atoms with E-state index in [4.69, 9.17) is 5.11 Å². The van der Waals surface area contributed by atoms with Crippen LogP contribution in [-0.4, -0.2) is 32.9 Å². The summed E-state index contributed by atoms with van der Waals surface area (Å²) >= 11 is 1.70. The fourth-order valence-corrected chi connectivity index (χ4v) is 2.12. The maximum absolute atomic E-state index is 9.06. The predicted octanol–water partition coefficient (Wildman–Crippen LogP) is 1.07. The zero-order chi connectivity index (χ0) is 9.84. The van der Waals surface area contributed by atoms with E-state index in [1.54, 1.807) is 11.3 Å². The van der Waals surface area contributed by atoms with Crippen LogP contribution in [0.5, 0.6) is 0 Å². The van der Waals surface area contributed by atoms with Crippen LogP contribution in [0, 0.1) is 0 Å². The standard InChI is InChI=1S/C9H16N2OS/c1-10-7(6-12)8-4-5-9(13-8)11(2)3/h4-5,7,10,12H,6H2,1-3H3/t7-/m1/s1. The molecule has 0 spiro atoms. The van der Waals surface area contributed by atoms with Crippen molar-refractivity contribution in [3.8, 4) is 0 Å². The molecule has 0 saturated carbocycles. The lowest BCUT2D eigenvalue weighted by Crippen LogP contribution is -2.18. The average Bonchev–Trinajstić information content (AvgIpc) is 2.56. The Hall–Kier alpha value is -0.580. The van der Waals surface area contributed by atoms with Gasteiger partial charge in [-0.1, -0.05) is 0 Å². The van der Waals surface area contributed by atoms with Crippen LogP contribution in [0.3, 0.4) is 0 Å². The molecule has 0 amide bonds. The molecule has 2 N–H and O–H groups in total. The van der Waals surface area contributed by atoms with Gasteiger partial charge in [0.25, 0.3) is 0 Å². The zero-order valence-electron chi connectivity index (χ0n) is 8.24. The molecule has 13 heavy (non-hydrogen) atoms. The van der Waals surface area contributed by atoms with Crippen molar-refractivity contribution >= 4 is 16.3 Å². The van der Waals surface area contributed by atoms with E-state index < -0.39 is 0 Å². The summed E-state index contributed by atoms with van der Waals surface area (Å²) in [6.07, 6.45) is 0. The van der Waals surface area contributed by atoms with Crippen LogP contribution < -0.4 is 10.2 Å². The summed E-state index contributed by atoms with van der Waals surface area (Å²) in [4.78, 5) is 3.24. The number of nitrogens with zero attached hydrogens (tertiary/aromatic N) is 1. The van der Waals surface area contributed by atoms with Crippen molar-refractivity contribution in [2.75, 3.05) is 32.6 Å². The fraction of sp³-hybridized carbons (Fsp3) is 0.556. The van der Waals surface area contributed by atoms with E-state index in [0.717, 1.165) is 0 Å². The first kappa shape index (κ1) is 10.5. The summed E-state index contributed by atoms with van der Waals surface area (Å²) in [5, 5.41) is 13.3. The van der Waals surface area contributed by atoms with Crippen molar-refractivity contribution < 1.29 is 5.11 Å². The largest absolute Gasteiger partial charge is 0.394 e. The summed E-state index contributed by atoms with van der Waals surface area (Å²) in [5.41, 5.74) is 0. The van der Waals surface area contributed by atoms with Gasteiger partial charge in [0.2, 0.25) is 0 Å². The van der Waals surface area contributed by atoms with E-state index in [1.807, 2.05) is 21.1 Å². The van der Waals surface area contributed by atoms with E-state index >= 15 is 0 Å². The second-order valence-corrected chi connectivity index (χ2v) is 4.19. The van der Waals surface area contributed by atoms with E-state index in [2.05, 4.69) is 22.3 Å². The molecule has 0 bridgehead atoms. The molecule has 74 valence electrons. The Bertz CT molecular complexity index is 256. The first-order chi connectivity index (χ1) is 6.19. The van der Waals surface area contributed by atoms with Gasteiger partial charge in [0.15, 0.2) is 0 Å². The van der Waals surface area contributed by atoms with Crippen LogP contribution >= 0.6 is 11.3 Å². The number of hydrogen-bond acceptors (Lipinski definition) is 4. The highest BCUT2D eigenvalue weighted by atomic mass is 32.1. The second-order valence-electron chi connectivity index (χ2n) is 3.09. The monoisotopic (exact) mass is 200 g/mol. The molecule has 0 radical (unpaired) electrons. The zero-order valence-corrected chi connectivity index (χ0v) is 9.06. The van der Waals surface area contributed by atoms with Crippen molar-refractivity contribution in [1.29, 1.82) is 0 Å². The molecule has 1 aromatic heterocycles. The molecule has 1 aromatic rings. The number of rotatable bonds is 4.